The minimum Gasteiger partial charge on any atom is -0.355 e. The molecule has 0 radical (unpaired) electrons. The molecule has 0 spiro atoms. The van der Waals surface area contributed by atoms with Crippen LogP contribution in [0, 0.1) is 6.92 Å². The molecule has 1 aromatic heterocycles. The van der Waals surface area contributed by atoms with Gasteiger partial charge < -0.3 is 9.88 Å². The Morgan fingerprint density at radius 3 is 2.83 bits per heavy atom. The van der Waals surface area contributed by atoms with E-state index in [1.165, 1.54) is 11.1 Å². The smallest absolute Gasteiger partial charge is 0.233 e. The number of hydrogen-bond acceptors (Lipinski definition) is 3. The normalized spacial score (nSPS) is 18.5. The van der Waals surface area contributed by atoms with Gasteiger partial charge in [-0.3, -0.25) is 4.79 Å². The predicted octanol–water partition coefficient (Wildman–Crippen LogP) is 3.64. The second-order valence-corrected chi connectivity index (χ2v) is 7.10. The van der Waals surface area contributed by atoms with Gasteiger partial charge in [-0.05, 0) is 32.3 Å². The van der Waals surface area contributed by atoms with E-state index in [1.54, 1.807) is 11.8 Å². The van der Waals surface area contributed by atoms with E-state index in [-0.39, 0.29) is 11.2 Å². The number of nitrogens with zero attached hydrogens (tertiary/aromatic N) is 2. The fourth-order valence-corrected chi connectivity index (χ4v) is 4.06. The quantitative estimate of drug-likeness (QED) is 0.931. The van der Waals surface area contributed by atoms with Crippen molar-refractivity contribution in [3.63, 3.8) is 0 Å². The van der Waals surface area contributed by atoms with Crippen molar-refractivity contribution < 1.29 is 4.79 Å². The highest BCUT2D eigenvalue weighted by atomic mass is 32.2. The number of aromatic nitrogens is 2. The number of amides is 1. The van der Waals surface area contributed by atoms with E-state index in [4.69, 9.17) is 0 Å². The van der Waals surface area contributed by atoms with E-state index in [0.717, 1.165) is 43.2 Å². The third kappa shape index (κ3) is 3.61. The lowest BCUT2D eigenvalue weighted by atomic mass is 10.1. The van der Waals surface area contributed by atoms with Crippen LogP contribution in [-0.4, -0.2) is 27.3 Å². The average Bonchev–Trinajstić information content (AvgIpc) is 2.85. The van der Waals surface area contributed by atoms with E-state index >= 15 is 0 Å². The minimum atomic E-state index is -0.0314. The van der Waals surface area contributed by atoms with Crippen LogP contribution in [0.2, 0.25) is 0 Å². The number of rotatable bonds is 4. The number of nitrogens with one attached hydrogen (secondary N) is 1. The molecule has 1 aliphatic rings. The molecule has 1 amide bonds. The van der Waals surface area contributed by atoms with Crippen molar-refractivity contribution in [1.82, 2.24) is 14.9 Å². The van der Waals surface area contributed by atoms with Gasteiger partial charge in [0.25, 0.3) is 0 Å². The van der Waals surface area contributed by atoms with Crippen molar-refractivity contribution in [2.75, 3.05) is 6.54 Å². The lowest BCUT2D eigenvalue weighted by Gasteiger charge is -2.14. The number of imidazole rings is 1. The molecule has 1 aromatic carbocycles. The second kappa shape index (κ2) is 7.21. The number of thioether (sulfide) groups is 1. The Balaban J connectivity index is 1.85. The molecular formula is C18H23N3OS. The van der Waals surface area contributed by atoms with Crippen LogP contribution in [0.25, 0.3) is 11.3 Å². The van der Waals surface area contributed by atoms with Gasteiger partial charge in [-0.15, -0.1) is 0 Å². The van der Waals surface area contributed by atoms with Crippen LogP contribution < -0.4 is 5.32 Å². The zero-order chi connectivity index (χ0) is 16.2. The molecule has 4 nitrogen and oxygen atoms in total. The van der Waals surface area contributed by atoms with Gasteiger partial charge in [0.1, 0.15) is 0 Å². The average molecular weight is 329 g/mol. The Bertz CT molecular complexity index is 678. The monoisotopic (exact) mass is 329 g/mol. The maximum absolute atomic E-state index is 12.2. The third-order valence-electron chi connectivity index (χ3n) is 4.21. The fraction of sp³-hybridized carbons (Fsp3) is 0.444. The Hall–Kier alpha value is -1.75. The summed E-state index contributed by atoms with van der Waals surface area (Å²) in [6, 6.07) is 8.50. The predicted molar refractivity (Wildman–Crippen MR) is 94.6 cm³/mol. The molecule has 23 heavy (non-hydrogen) atoms. The summed E-state index contributed by atoms with van der Waals surface area (Å²) in [5.74, 6) is 0.148. The first-order valence-corrected chi connectivity index (χ1v) is 9.14. The molecule has 2 aromatic rings. The second-order valence-electron chi connectivity index (χ2n) is 5.93. The van der Waals surface area contributed by atoms with Crippen molar-refractivity contribution in [3.05, 3.63) is 36.0 Å². The van der Waals surface area contributed by atoms with Crippen LogP contribution in [0.15, 0.2) is 35.6 Å². The Morgan fingerprint density at radius 2 is 2.09 bits per heavy atom. The van der Waals surface area contributed by atoms with Gasteiger partial charge in [0.2, 0.25) is 5.91 Å². The van der Waals surface area contributed by atoms with Gasteiger partial charge in [-0.1, -0.05) is 48.0 Å². The summed E-state index contributed by atoms with van der Waals surface area (Å²) >= 11 is 1.60. The highest BCUT2D eigenvalue weighted by molar-refractivity contribution is 8.00. The van der Waals surface area contributed by atoms with Gasteiger partial charge in [0.15, 0.2) is 5.16 Å². The first-order valence-electron chi connectivity index (χ1n) is 8.26. The first kappa shape index (κ1) is 16.1. The van der Waals surface area contributed by atoms with Crippen LogP contribution in [0.1, 0.15) is 31.7 Å². The maximum Gasteiger partial charge on any atom is 0.233 e. The minimum absolute atomic E-state index is 0.0314. The Labute approximate surface area is 141 Å². The molecular weight excluding hydrogens is 306 g/mol. The third-order valence-corrected chi connectivity index (χ3v) is 5.49. The van der Waals surface area contributed by atoms with Crippen molar-refractivity contribution in [2.24, 2.45) is 0 Å². The summed E-state index contributed by atoms with van der Waals surface area (Å²) in [5, 5.41) is 3.90. The van der Waals surface area contributed by atoms with Gasteiger partial charge in [-0.2, -0.15) is 0 Å². The van der Waals surface area contributed by atoms with E-state index in [9.17, 15) is 4.79 Å². The Morgan fingerprint density at radius 1 is 1.30 bits per heavy atom. The molecule has 0 unspecified atom stereocenters. The topological polar surface area (TPSA) is 46.9 Å². The summed E-state index contributed by atoms with van der Waals surface area (Å²) < 4.78 is 2.20. The van der Waals surface area contributed by atoms with Gasteiger partial charge in [0.05, 0.1) is 17.1 Å². The number of hydrogen-bond donors (Lipinski definition) is 1. The first-order chi connectivity index (χ1) is 11.2. The summed E-state index contributed by atoms with van der Waals surface area (Å²) in [6.45, 7) is 5.86. The molecule has 122 valence electrons. The van der Waals surface area contributed by atoms with E-state index in [0.29, 0.717) is 0 Å². The van der Waals surface area contributed by atoms with Crippen LogP contribution in [0.5, 0.6) is 0 Å². The number of carbonyl (C=O) groups is 1. The van der Waals surface area contributed by atoms with Crippen molar-refractivity contribution in [1.29, 1.82) is 0 Å². The molecule has 1 aliphatic heterocycles. The molecule has 5 heteroatoms. The van der Waals surface area contributed by atoms with Crippen LogP contribution in [-0.2, 0) is 11.3 Å². The van der Waals surface area contributed by atoms with E-state index < -0.39 is 0 Å². The highest BCUT2D eigenvalue weighted by Gasteiger charge is 2.24. The summed E-state index contributed by atoms with van der Waals surface area (Å²) in [7, 11) is 0. The van der Waals surface area contributed by atoms with Crippen LogP contribution in [0.4, 0.5) is 0 Å². The molecule has 0 bridgehead atoms. The van der Waals surface area contributed by atoms with Crippen molar-refractivity contribution in [2.45, 2.75) is 50.1 Å². The summed E-state index contributed by atoms with van der Waals surface area (Å²) in [6.07, 6.45) is 5.01. The molecule has 1 saturated heterocycles. The lowest BCUT2D eigenvalue weighted by molar-refractivity contribution is -0.120. The van der Waals surface area contributed by atoms with Crippen molar-refractivity contribution >= 4 is 17.7 Å². The summed E-state index contributed by atoms with van der Waals surface area (Å²) in [4.78, 5) is 16.8. The molecule has 0 aliphatic carbocycles. The van der Waals surface area contributed by atoms with Gasteiger partial charge in [0, 0.05) is 13.1 Å². The standard InChI is InChI=1S/C18H23N3OS/c1-3-21-15(14-9-7-13(2)8-10-14)12-20-18(21)23-16-6-4-5-11-19-17(16)22/h7-10,12,16H,3-6,11H2,1-2H3,(H,19,22)/t16-/m0/s1. The van der Waals surface area contributed by atoms with Gasteiger partial charge in [-0.25, -0.2) is 4.98 Å². The van der Waals surface area contributed by atoms with E-state index in [2.05, 4.69) is 53.0 Å². The number of benzene rings is 1. The van der Waals surface area contributed by atoms with E-state index in [1.807, 2.05) is 6.20 Å². The highest BCUT2D eigenvalue weighted by Crippen LogP contribution is 2.31. The largest absolute Gasteiger partial charge is 0.355 e. The van der Waals surface area contributed by atoms with Crippen LogP contribution in [0.3, 0.4) is 0 Å². The van der Waals surface area contributed by atoms with Gasteiger partial charge >= 0.3 is 0 Å². The molecule has 0 saturated carbocycles. The zero-order valence-electron chi connectivity index (χ0n) is 13.7. The zero-order valence-corrected chi connectivity index (χ0v) is 14.5. The number of aryl methyl sites for hydroxylation is 1. The lowest BCUT2D eigenvalue weighted by Crippen LogP contribution is -2.30. The fourth-order valence-electron chi connectivity index (χ4n) is 2.86. The SMILES string of the molecule is CCn1c(-c2ccc(C)cc2)cnc1S[C@H]1CCCCNC1=O. The summed E-state index contributed by atoms with van der Waals surface area (Å²) in [5.41, 5.74) is 3.53. The molecule has 1 fully saturated rings. The molecule has 2 heterocycles. The van der Waals surface area contributed by atoms with Crippen LogP contribution >= 0.6 is 11.8 Å². The van der Waals surface area contributed by atoms with Crippen molar-refractivity contribution in [3.8, 4) is 11.3 Å². The maximum atomic E-state index is 12.2. The molecule has 3 rings (SSSR count). The molecule has 1 N–H and O–H groups in total. The number of carbonyl (C=O) groups excluding carboxylic acids is 1. The molecule has 1 atom stereocenters. The Kier molecular flexibility index (Phi) is 5.06.